The van der Waals surface area contributed by atoms with Crippen LogP contribution in [0.25, 0.3) is 0 Å². The highest BCUT2D eigenvalue weighted by molar-refractivity contribution is 7.92. The van der Waals surface area contributed by atoms with Gasteiger partial charge in [-0.25, -0.2) is 8.42 Å². The van der Waals surface area contributed by atoms with E-state index in [0.29, 0.717) is 22.7 Å². The molecule has 27 heavy (non-hydrogen) atoms. The Balaban J connectivity index is 2.21. The summed E-state index contributed by atoms with van der Waals surface area (Å²) in [5, 5.41) is 3.36. The number of nitrogens with one attached hydrogen (secondary N) is 1. The maximum atomic E-state index is 13.2. The Labute approximate surface area is 165 Å². The van der Waals surface area contributed by atoms with Gasteiger partial charge >= 0.3 is 0 Å². The molecule has 2 aromatic carbocycles. The number of nitrogens with zero attached hydrogens (tertiary/aromatic N) is 1. The van der Waals surface area contributed by atoms with Crippen LogP contribution in [0, 0.1) is 5.41 Å². The van der Waals surface area contributed by atoms with Crippen molar-refractivity contribution in [3.63, 3.8) is 0 Å². The second-order valence-electron chi connectivity index (χ2n) is 7.95. The van der Waals surface area contributed by atoms with Gasteiger partial charge in [0.05, 0.1) is 16.6 Å². The SMILES string of the molecule is CN1c2ccccc2C(NC(=O)CC(C)(C)C)c2ccc(Cl)cc2S1(=O)=O. The minimum Gasteiger partial charge on any atom is -0.345 e. The van der Waals surface area contributed by atoms with Gasteiger partial charge in [0.15, 0.2) is 0 Å². The van der Waals surface area contributed by atoms with E-state index in [0.717, 1.165) is 5.56 Å². The van der Waals surface area contributed by atoms with Crippen LogP contribution in [0.3, 0.4) is 0 Å². The van der Waals surface area contributed by atoms with E-state index in [1.807, 2.05) is 32.9 Å². The zero-order valence-electron chi connectivity index (χ0n) is 15.8. The van der Waals surface area contributed by atoms with Crippen molar-refractivity contribution in [2.75, 3.05) is 11.4 Å². The monoisotopic (exact) mass is 406 g/mol. The maximum Gasteiger partial charge on any atom is 0.264 e. The molecule has 0 spiro atoms. The second kappa shape index (κ2) is 6.84. The average Bonchev–Trinajstić information content (AvgIpc) is 2.63. The van der Waals surface area contributed by atoms with Crippen molar-refractivity contribution in [3.8, 4) is 0 Å². The minimum atomic E-state index is -3.80. The molecule has 3 rings (SSSR count). The van der Waals surface area contributed by atoms with Gasteiger partial charge in [-0.3, -0.25) is 9.10 Å². The number of amides is 1. The number of rotatable bonds is 2. The van der Waals surface area contributed by atoms with Crippen LogP contribution in [0.15, 0.2) is 47.4 Å². The quantitative estimate of drug-likeness (QED) is 0.815. The normalized spacial score (nSPS) is 18.3. The molecule has 1 aliphatic heterocycles. The van der Waals surface area contributed by atoms with Crippen LogP contribution in [0.1, 0.15) is 44.4 Å². The molecular weight excluding hydrogens is 384 g/mol. The van der Waals surface area contributed by atoms with Crippen molar-refractivity contribution in [3.05, 3.63) is 58.6 Å². The highest BCUT2D eigenvalue weighted by Crippen LogP contribution is 2.41. The Morgan fingerprint density at radius 1 is 1.15 bits per heavy atom. The molecule has 0 aromatic heterocycles. The van der Waals surface area contributed by atoms with Gasteiger partial charge in [0.25, 0.3) is 10.0 Å². The number of anilines is 1. The molecule has 1 N–H and O–H groups in total. The summed E-state index contributed by atoms with van der Waals surface area (Å²) in [4.78, 5) is 12.8. The summed E-state index contributed by atoms with van der Waals surface area (Å²) in [6.45, 7) is 5.96. The van der Waals surface area contributed by atoms with E-state index in [4.69, 9.17) is 11.6 Å². The number of carbonyl (C=O) groups excluding carboxylic acids is 1. The maximum absolute atomic E-state index is 13.2. The zero-order valence-corrected chi connectivity index (χ0v) is 17.4. The molecule has 0 fully saturated rings. The molecule has 5 nitrogen and oxygen atoms in total. The Hall–Kier alpha value is -2.05. The summed E-state index contributed by atoms with van der Waals surface area (Å²) in [5.41, 5.74) is 1.59. The lowest BCUT2D eigenvalue weighted by atomic mass is 9.91. The van der Waals surface area contributed by atoms with Crippen molar-refractivity contribution >= 4 is 33.2 Å². The molecule has 0 aliphatic carbocycles. The summed E-state index contributed by atoms with van der Waals surface area (Å²) in [5.74, 6) is -0.134. The predicted octanol–water partition coefficient (Wildman–Crippen LogP) is 4.12. The van der Waals surface area contributed by atoms with E-state index in [1.54, 1.807) is 24.3 Å². The Kier molecular flexibility index (Phi) is 4.99. The lowest BCUT2D eigenvalue weighted by Gasteiger charge is -2.24. The van der Waals surface area contributed by atoms with Crippen LogP contribution in [0.4, 0.5) is 5.69 Å². The molecule has 1 amide bonds. The molecule has 7 heteroatoms. The largest absolute Gasteiger partial charge is 0.345 e. The molecule has 0 saturated heterocycles. The predicted molar refractivity (Wildman–Crippen MR) is 108 cm³/mol. The van der Waals surface area contributed by atoms with Gasteiger partial charge < -0.3 is 5.32 Å². The van der Waals surface area contributed by atoms with Crippen molar-refractivity contribution in [1.82, 2.24) is 5.32 Å². The van der Waals surface area contributed by atoms with E-state index < -0.39 is 16.1 Å². The van der Waals surface area contributed by atoms with Crippen LogP contribution < -0.4 is 9.62 Å². The molecule has 0 saturated carbocycles. The summed E-state index contributed by atoms with van der Waals surface area (Å²) in [6.07, 6.45) is 0.331. The smallest absolute Gasteiger partial charge is 0.264 e. The number of sulfonamides is 1. The van der Waals surface area contributed by atoms with Crippen LogP contribution in [0.2, 0.25) is 5.02 Å². The first-order chi connectivity index (χ1) is 12.5. The Morgan fingerprint density at radius 3 is 2.48 bits per heavy atom. The van der Waals surface area contributed by atoms with Crippen LogP contribution in [0.5, 0.6) is 0 Å². The van der Waals surface area contributed by atoms with Gasteiger partial charge in [0.2, 0.25) is 5.91 Å². The molecule has 1 aliphatic rings. The standard InChI is InChI=1S/C20H23ClN2O3S/c1-20(2,3)12-18(24)22-19-14-7-5-6-8-16(14)23(4)27(25,26)17-11-13(21)9-10-15(17)19/h5-11,19H,12H2,1-4H3,(H,22,24). The average molecular weight is 407 g/mol. The second-order valence-corrected chi connectivity index (χ2v) is 10.3. The summed E-state index contributed by atoms with van der Waals surface area (Å²) >= 11 is 6.09. The number of carbonyl (C=O) groups is 1. The highest BCUT2D eigenvalue weighted by atomic mass is 35.5. The van der Waals surface area contributed by atoms with Gasteiger partial charge in [0.1, 0.15) is 0 Å². The number of benzene rings is 2. The fourth-order valence-corrected chi connectivity index (χ4v) is 5.00. The lowest BCUT2D eigenvalue weighted by molar-refractivity contribution is -0.123. The van der Waals surface area contributed by atoms with Crippen LogP contribution in [-0.2, 0) is 14.8 Å². The number of halogens is 1. The van der Waals surface area contributed by atoms with E-state index in [1.165, 1.54) is 17.4 Å². The van der Waals surface area contributed by atoms with Gasteiger partial charge in [-0.15, -0.1) is 0 Å². The topological polar surface area (TPSA) is 66.5 Å². The van der Waals surface area contributed by atoms with Gasteiger partial charge in [-0.05, 0) is 29.2 Å². The van der Waals surface area contributed by atoms with Crippen molar-refractivity contribution in [1.29, 1.82) is 0 Å². The molecule has 0 bridgehead atoms. The fourth-order valence-electron chi connectivity index (χ4n) is 3.28. The molecule has 144 valence electrons. The summed E-state index contributed by atoms with van der Waals surface area (Å²) in [7, 11) is -2.29. The van der Waals surface area contributed by atoms with E-state index >= 15 is 0 Å². The molecule has 2 aromatic rings. The van der Waals surface area contributed by atoms with Gasteiger partial charge in [-0.1, -0.05) is 56.6 Å². The van der Waals surface area contributed by atoms with E-state index in [9.17, 15) is 13.2 Å². The molecule has 0 radical (unpaired) electrons. The van der Waals surface area contributed by atoms with Crippen molar-refractivity contribution in [2.45, 2.75) is 38.1 Å². The summed E-state index contributed by atoms with van der Waals surface area (Å²) < 4.78 is 27.6. The molecule has 1 atom stereocenters. The molecular formula is C20H23ClN2O3S. The third kappa shape index (κ3) is 3.82. The highest BCUT2D eigenvalue weighted by Gasteiger charge is 2.36. The minimum absolute atomic E-state index is 0.106. The number of para-hydroxylation sites is 1. The fraction of sp³-hybridized carbons (Fsp3) is 0.350. The first kappa shape index (κ1) is 19.7. The van der Waals surface area contributed by atoms with Crippen LogP contribution in [-0.4, -0.2) is 21.4 Å². The van der Waals surface area contributed by atoms with E-state index in [-0.39, 0.29) is 16.2 Å². The Bertz CT molecular complexity index is 997. The lowest BCUT2D eigenvalue weighted by Crippen LogP contribution is -2.32. The third-order valence-corrected chi connectivity index (χ3v) is 6.57. The molecule has 1 unspecified atom stereocenters. The number of hydrogen-bond acceptors (Lipinski definition) is 3. The number of fused-ring (bicyclic) bond motifs is 2. The Morgan fingerprint density at radius 2 is 1.81 bits per heavy atom. The van der Waals surface area contributed by atoms with Crippen molar-refractivity contribution in [2.24, 2.45) is 5.41 Å². The first-order valence-corrected chi connectivity index (χ1v) is 10.5. The number of hydrogen-bond donors (Lipinski definition) is 1. The van der Waals surface area contributed by atoms with Gasteiger partial charge in [0, 0.05) is 24.1 Å². The molecule has 1 heterocycles. The third-order valence-electron chi connectivity index (χ3n) is 4.51. The first-order valence-electron chi connectivity index (χ1n) is 8.67. The van der Waals surface area contributed by atoms with Crippen molar-refractivity contribution < 1.29 is 13.2 Å². The van der Waals surface area contributed by atoms with Gasteiger partial charge in [-0.2, -0.15) is 0 Å². The van der Waals surface area contributed by atoms with E-state index in [2.05, 4.69) is 5.32 Å². The van der Waals surface area contributed by atoms with Crippen LogP contribution >= 0.6 is 11.6 Å². The zero-order chi connectivity index (χ0) is 20.0. The summed E-state index contributed by atoms with van der Waals surface area (Å²) in [6, 6.07) is 11.4.